The third-order valence-electron chi connectivity index (χ3n) is 3.55. The van der Waals surface area contributed by atoms with Crippen LogP contribution in [-0.4, -0.2) is 37.5 Å². The van der Waals surface area contributed by atoms with Gasteiger partial charge >= 0.3 is 0 Å². The lowest BCUT2D eigenvalue weighted by Crippen LogP contribution is -2.43. The number of rotatable bonds is 7. The number of fused-ring (bicyclic) bond motifs is 1. The number of nitrogens with zero attached hydrogens (tertiary/aromatic N) is 1. The number of aliphatic hydroxyl groups is 1. The standard InChI is InChI=1S/C14H22N2O3S/c17-11-5-1-4-9-15-20(18,19)16-10-8-13-6-2-3-7-14(13)12-16/h2-3,6-7,15,17H,1,4-5,8-12H2. The van der Waals surface area contributed by atoms with Gasteiger partial charge in [0, 0.05) is 26.2 Å². The lowest BCUT2D eigenvalue weighted by Gasteiger charge is -2.28. The third kappa shape index (κ3) is 4.02. The lowest BCUT2D eigenvalue weighted by molar-refractivity contribution is 0.283. The van der Waals surface area contributed by atoms with E-state index in [1.165, 1.54) is 9.87 Å². The van der Waals surface area contributed by atoms with Crippen molar-refractivity contribution in [3.8, 4) is 0 Å². The van der Waals surface area contributed by atoms with E-state index in [-0.39, 0.29) is 6.61 Å². The quantitative estimate of drug-likeness (QED) is 0.739. The normalized spacial score (nSPS) is 16.1. The number of hydrogen-bond donors (Lipinski definition) is 2. The minimum absolute atomic E-state index is 0.162. The molecule has 0 radical (unpaired) electrons. The Morgan fingerprint density at radius 2 is 1.90 bits per heavy atom. The van der Waals surface area contributed by atoms with Crippen LogP contribution in [0.15, 0.2) is 24.3 Å². The smallest absolute Gasteiger partial charge is 0.279 e. The molecule has 1 aliphatic rings. The third-order valence-corrected chi connectivity index (χ3v) is 5.12. The van der Waals surface area contributed by atoms with E-state index in [9.17, 15) is 8.42 Å². The summed E-state index contributed by atoms with van der Waals surface area (Å²) in [7, 11) is -3.39. The van der Waals surface area contributed by atoms with Crippen molar-refractivity contribution < 1.29 is 13.5 Å². The van der Waals surface area contributed by atoms with Gasteiger partial charge < -0.3 is 5.11 Å². The van der Waals surface area contributed by atoms with Crippen LogP contribution in [-0.2, 0) is 23.2 Å². The Hall–Kier alpha value is -0.950. The van der Waals surface area contributed by atoms with Gasteiger partial charge in [-0.25, -0.2) is 4.72 Å². The van der Waals surface area contributed by atoms with Crippen molar-refractivity contribution in [3.05, 3.63) is 35.4 Å². The van der Waals surface area contributed by atoms with Crippen molar-refractivity contribution in [2.45, 2.75) is 32.2 Å². The van der Waals surface area contributed by atoms with E-state index in [1.54, 1.807) is 0 Å². The molecule has 1 heterocycles. The first kappa shape index (κ1) is 15.4. The summed E-state index contributed by atoms with van der Waals surface area (Å²) in [4.78, 5) is 0. The van der Waals surface area contributed by atoms with Gasteiger partial charge in [0.05, 0.1) is 0 Å². The monoisotopic (exact) mass is 298 g/mol. The maximum absolute atomic E-state index is 12.2. The van der Waals surface area contributed by atoms with Crippen LogP contribution in [0.4, 0.5) is 0 Å². The van der Waals surface area contributed by atoms with Gasteiger partial charge in [-0.05, 0) is 36.8 Å². The summed E-state index contributed by atoms with van der Waals surface area (Å²) in [5.41, 5.74) is 2.33. The topological polar surface area (TPSA) is 69.6 Å². The zero-order valence-electron chi connectivity index (χ0n) is 11.6. The van der Waals surface area contributed by atoms with E-state index in [2.05, 4.69) is 10.8 Å². The SMILES string of the molecule is O=S(=O)(NCCCCCO)N1CCc2ccccc2C1. The molecule has 0 aliphatic carbocycles. The molecule has 5 nitrogen and oxygen atoms in total. The van der Waals surface area contributed by atoms with E-state index in [0.29, 0.717) is 19.6 Å². The van der Waals surface area contributed by atoms with Crippen LogP contribution in [0.3, 0.4) is 0 Å². The Morgan fingerprint density at radius 3 is 2.65 bits per heavy atom. The van der Waals surface area contributed by atoms with Crippen molar-refractivity contribution in [2.24, 2.45) is 0 Å². The molecular weight excluding hydrogens is 276 g/mol. The second kappa shape index (κ2) is 7.17. The first-order valence-electron chi connectivity index (χ1n) is 7.06. The summed E-state index contributed by atoms with van der Waals surface area (Å²) >= 11 is 0. The Balaban J connectivity index is 1.88. The van der Waals surface area contributed by atoms with Crippen LogP contribution in [0.25, 0.3) is 0 Å². The fourth-order valence-corrected chi connectivity index (χ4v) is 3.61. The van der Waals surface area contributed by atoms with Crippen LogP contribution in [0.1, 0.15) is 30.4 Å². The molecule has 112 valence electrons. The molecule has 0 bridgehead atoms. The van der Waals surface area contributed by atoms with Gasteiger partial charge in [0.25, 0.3) is 10.2 Å². The van der Waals surface area contributed by atoms with Crippen molar-refractivity contribution in [2.75, 3.05) is 19.7 Å². The molecule has 1 aliphatic heterocycles. The van der Waals surface area contributed by atoms with E-state index >= 15 is 0 Å². The highest BCUT2D eigenvalue weighted by Crippen LogP contribution is 2.20. The van der Waals surface area contributed by atoms with Gasteiger partial charge in [-0.15, -0.1) is 0 Å². The highest BCUT2D eigenvalue weighted by Gasteiger charge is 2.25. The van der Waals surface area contributed by atoms with Gasteiger partial charge in [0.15, 0.2) is 0 Å². The Bertz CT molecular complexity index is 531. The van der Waals surface area contributed by atoms with Gasteiger partial charge in [0.1, 0.15) is 0 Å². The number of aliphatic hydroxyl groups excluding tert-OH is 1. The molecule has 1 aromatic carbocycles. The maximum Gasteiger partial charge on any atom is 0.279 e. The van der Waals surface area contributed by atoms with Crippen LogP contribution in [0.5, 0.6) is 0 Å². The molecule has 0 atom stereocenters. The molecule has 0 aromatic heterocycles. The molecule has 0 spiro atoms. The maximum atomic E-state index is 12.2. The predicted molar refractivity (Wildman–Crippen MR) is 78.4 cm³/mol. The molecule has 0 saturated heterocycles. The average molecular weight is 298 g/mol. The zero-order chi connectivity index (χ0) is 14.4. The minimum atomic E-state index is -3.39. The highest BCUT2D eigenvalue weighted by atomic mass is 32.2. The van der Waals surface area contributed by atoms with Crippen molar-refractivity contribution in [1.29, 1.82) is 0 Å². The van der Waals surface area contributed by atoms with Crippen LogP contribution in [0, 0.1) is 0 Å². The molecule has 0 amide bonds. The summed E-state index contributed by atoms with van der Waals surface area (Å²) in [6.45, 7) is 1.57. The molecule has 6 heteroatoms. The largest absolute Gasteiger partial charge is 0.396 e. The summed E-state index contributed by atoms with van der Waals surface area (Å²) in [5, 5.41) is 8.68. The van der Waals surface area contributed by atoms with Gasteiger partial charge in [-0.3, -0.25) is 0 Å². The van der Waals surface area contributed by atoms with Crippen LogP contribution >= 0.6 is 0 Å². The second-order valence-electron chi connectivity index (χ2n) is 5.04. The summed E-state index contributed by atoms with van der Waals surface area (Å²) < 4.78 is 28.5. The van der Waals surface area contributed by atoms with Crippen molar-refractivity contribution in [3.63, 3.8) is 0 Å². The Morgan fingerprint density at radius 1 is 1.15 bits per heavy atom. The zero-order valence-corrected chi connectivity index (χ0v) is 12.4. The first-order valence-corrected chi connectivity index (χ1v) is 8.50. The molecule has 0 saturated carbocycles. The summed E-state index contributed by atoms with van der Waals surface area (Å²) in [6.07, 6.45) is 3.08. The first-order chi connectivity index (χ1) is 9.63. The van der Waals surface area contributed by atoms with E-state index in [1.807, 2.05) is 18.2 Å². The van der Waals surface area contributed by atoms with E-state index < -0.39 is 10.2 Å². The number of nitrogens with one attached hydrogen (secondary N) is 1. The molecule has 1 aromatic rings. The van der Waals surface area contributed by atoms with Crippen LogP contribution < -0.4 is 4.72 Å². The molecule has 2 N–H and O–H groups in total. The molecule has 0 fully saturated rings. The number of unbranched alkanes of at least 4 members (excludes halogenated alkanes) is 2. The Labute approximate surface area is 120 Å². The van der Waals surface area contributed by atoms with E-state index in [4.69, 9.17) is 5.11 Å². The van der Waals surface area contributed by atoms with Crippen molar-refractivity contribution in [1.82, 2.24) is 9.03 Å². The second-order valence-corrected chi connectivity index (χ2v) is 6.79. The van der Waals surface area contributed by atoms with Gasteiger partial charge in [-0.1, -0.05) is 24.3 Å². The molecule has 0 unspecified atom stereocenters. The lowest BCUT2D eigenvalue weighted by atomic mass is 10.0. The van der Waals surface area contributed by atoms with Gasteiger partial charge in [0.2, 0.25) is 0 Å². The predicted octanol–water partition coefficient (Wildman–Crippen LogP) is 1.04. The Kier molecular flexibility index (Phi) is 5.54. The van der Waals surface area contributed by atoms with Crippen LogP contribution in [0.2, 0.25) is 0 Å². The van der Waals surface area contributed by atoms with Crippen molar-refractivity contribution >= 4 is 10.2 Å². The number of benzene rings is 1. The molecule has 2 rings (SSSR count). The van der Waals surface area contributed by atoms with E-state index in [0.717, 1.165) is 31.2 Å². The fourth-order valence-electron chi connectivity index (χ4n) is 2.38. The molecule has 20 heavy (non-hydrogen) atoms. The summed E-state index contributed by atoms with van der Waals surface area (Å²) in [6, 6.07) is 7.97. The fraction of sp³-hybridized carbons (Fsp3) is 0.571. The van der Waals surface area contributed by atoms with Gasteiger partial charge in [-0.2, -0.15) is 12.7 Å². The summed E-state index contributed by atoms with van der Waals surface area (Å²) in [5.74, 6) is 0. The number of hydrogen-bond acceptors (Lipinski definition) is 3. The average Bonchev–Trinajstić information content (AvgIpc) is 2.46. The molecular formula is C14H22N2O3S. The minimum Gasteiger partial charge on any atom is -0.396 e. The highest BCUT2D eigenvalue weighted by molar-refractivity contribution is 7.87.